The summed E-state index contributed by atoms with van der Waals surface area (Å²) in [6.45, 7) is 9.34. The molecule has 2 unspecified atom stereocenters. The molecule has 2 atom stereocenters. The average Bonchev–Trinajstić information content (AvgIpc) is 2.72. The lowest BCUT2D eigenvalue weighted by Gasteiger charge is -2.18. The van der Waals surface area contributed by atoms with Crippen LogP contribution in [0.4, 0.5) is 0 Å². The van der Waals surface area contributed by atoms with Crippen molar-refractivity contribution in [3.63, 3.8) is 0 Å². The van der Waals surface area contributed by atoms with Gasteiger partial charge in [-0.05, 0) is 25.2 Å². The molecule has 29 heavy (non-hydrogen) atoms. The van der Waals surface area contributed by atoms with Crippen LogP contribution in [0.5, 0.6) is 0 Å². The van der Waals surface area contributed by atoms with Crippen LogP contribution in [0.25, 0.3) is 0 Å². The van der Waals surface area contributed by atoms with E-state index < -0.39 is 0 Å². The van der Waals surface area contributed by atoms with Crippen molar-refractivity contribution < 1.29 is 9.53 Å². The largest absolute Gasteiger partial charge is 0.465 e. The number of hydrogen-bond acceptors (Lipinski definition) is 2. The van der Waals surface area contributed by atoms with Crippen molar-refractivity contribution in [3.8, 4) is 0 Å². The van der Waals surface area contributed by atoms with Gasteiger partial charge in [0.15, 0.2) is 0 Å². The maximum Gasteiger partial charge on any atom is 0.308 e. The second-order valence-electron chi connectivity index (χ2n) is 9.36. The Balaban J connectivity index is 3.97. The van der Waals surface area contributed by atoms with Gasteiger partial charge in [0.05, 0.1) is 12.5 Å². The van der Waals surface area contributed by atoms with Gasteiger partial charge >= 0.3 is 5.97 Å². The molecule has 0 fully saturated rings. The molecule has 0 aromatic carbocycles. The summed E-state index contributed by atoms with van der Waals surface area (Å²) in [7, 11) is 0. The monoisotopic (exact) mass is 410 g/mol. The normalized spacial score (nSPS) is 13.4. The van der Waals surface area contributed by atoms with Gasteiger partial charge in [-0.3, -0.25) is 4.79 Å². The molecular weight excluding hydrogens is 356 g/mol. The second kappa shape index (κ2) is 22.2. The second-order valence-corrected chi connectivity index (χ2v) is 9.36. The van der Waals surface area contributed by atoms with E-state index in [0.717, 1.165) is 12.8 Å². The number of esters is 1. The summed E-state index contributed by atoms with van der Waals surface area (Å²) in [6.07, 6.45) is 25.0. The molecule has 0 spiro atoms. The van der Waals surface area contributed by atoms with Crippen LogP contribution in [0.15, 0.2) is 0 Å². The predicted octanol–water partition coefficient (Wildman–Crippen LogP) is 9.25. The zero-order valence-electron chi connectivity index (χ0n) is 20.6. The SMILES string of the molecule is CCCCCCCCCCCCC(CCCCCCC)COC(=O)C(C)CCC. The number of rotatable bonds is 22. The number of carbonyl (C=O) groups is 1. The highest BCUT2D eigenvalue weighted by Crippen LogP contribution is 2.21. The molecular formula is C27H54O2. The standard InChI is InChI=1S/C27H54O2/c1-5-8-10-12-13-14-15-16-18-20-23-26(22-19-17-11-9-6-2)24-29-27(28)25(4)21-7-3/h25-26H,5-24H2,1-4H3. The zero-order chi connectivity index (χ0) is 21.6. The molecule has 0 rings (SSSR count). The van der Waals surface area contributed by atoms with E-state index in [-0.39, 0.29) is 11.9 Å². The number of hydrogen-bond donors (Lipinski definition) is 0. The maximum absolute atomic E-state index is 12.2. The third-order valence-electron chi connectivity index (χ3n) is 6.27. The molecule has 0 bridgehead atoms. The highest BCUT2D eigenvalue weighted by atomic mass is 16.5. The minimum absolute atomic E-state index is 0.0194. The van der Waals surface area contributed by atoms with E-state index in [1.807, 2.05) is 6.92 Å². The Labute approximate surface area is 184 Å². The van der Waals surface area contributed by atoms with E-state index in [1.54, 1.807) is 0 Å². The maximum atomic E-state index is 12.2. The van der Waals surface area contributed by atoms with Crippen molar-refractivity contribution in [1.82, 2.24) is 0 Å². The van der Waals surface area contributed by atoms with Crippen molar-refractivity contribution in [2.75, 3.05) is 6.61 Å². The van der Waals surface area contributed by atoms with Gasteiger partial charge in [0, 0.05) is 0 Å². The van der Waals surface area contributed by atoms with Crippen LogP contribution in [0.2, 0.25) is 0 Å². The molecule has 2 nitrogen and oxygen atoms in total. The highest BCUT2D eigenvalue weighted by molar-refractivity contribution is 5.71. The smallest absolute Gasteiger partial charge is 0.308 e. The molecule has 0 aromatic heterocycles. The van der Waals surface area contributed by atoms with Crippen LogP contribution < -0.4 is 0 Å². The molecule has 2 heteroatoms. The quantitative estimate of drug-likeness (QED) is 0.131. The van der Waals surface area contributed by atoms with Crippen LogP contribution in [0.3, 0.4) is 0 Å². The molecule has 0 amide bonds. The van der Waals surface area contributed by atoms with Crippen molar-refractivity contribution in [2.24, 2.45) is 11.8 Å². The molecule has 0 aliphatic carbocycles. The van der Waals surface area contributed by atoms with E-state index >= 15 is 0 Å². The lowest BCUT2D eigenvalue weighted by molar-refractivity contribution is -0.149. The molecule has 0 aromatic rings. The summed E-state index contributed by atoms with van der Waals surface area (Å²) < 4.78 is 5.70. The molecule has 0 aliphatic heterocycles. The molecule has 0 N–H and O–H groups in total. The van der Waals surface area contributed by atoms with Crippen molar-refractivity contribution >= 4 is 5.97 Å². The third-order valence-corrected chi connectivity index (χ3v) is 6.27. The van der Waals surface area contributed by atoms with Crippen LogP contribution >= 0.6 is 0 Å². The zero-order valence-corrected chi connectivity index (χ0v) is 20.6. The minimum atomic E-state index is 0.0194. The molecule has 0 saturated heterocycles. The van der Waals surface area contributed by atoms with Gasteiger partial charge in [0.1, 0.15) is 0 Å². The van der Waals surface area contributed by atoms with Gasteiger partial charge in [-0.25, -0.2) is 0 Å². The fourth-order valence-corrected chi connectivity index (χ4v) is 4.16. The van der Waals surface area contributed by atoms with E-state index in [0.29, 0.717) is 12.5 Å². The molecule has 0 heterocycles. The minimum Gasteiger partial charge on any atom is -0.465 e. The highest BCUT2D eigenvalue weighted by Gasteiger charge is 2.16. The summed E-state index contributed by atoms with van der Waals surface area (Å²) in [5, 5.41) is 0. The fourth-order valence-electron chi connectivity index (χ4n) is 4.16. The third kappa shape index (κ3) is 19.2. The first-order valence-corrected chi connectivity index (χ1v) is 13.3. The number of ether oxygens (including phenoxy) is 1. The van der Waals surface area contributed by atoms with Crippen LogP contribution in [0.1, 0.15) is 150 Å². The first kappa shape index (κ1) is 28.5. The summed E-state index contributed by atoms with van der Waals surface area (Å²) in [6, 6.07) is 0. The summed E-state index contributed by atoms with van der Waals surface area (Å²) in [5.41, 5.74) is 0. The van der Waals surface area contributed by atoms with Crippen molar-refractivity contribution in [1.29, 1.82) is 0 Å². The predicted molar refractivity (Wildman–Crippen MR) is 128 cm³/mol. The Kier molecular flexibility index (Phi) is 21.8. The van der Waals surface area contributed by atoms with Gasteiger partial charge < -0.3 is 4.74 Å². The van der Waals surface area contributed by atoms with Gasteiger partial charge in [-0.1, -0.05) is 130 Å². The molecule has 0 radical (unpaired) electrons. The average molecular weight is 411 g/mol. The van der Waals surface area contributed by atoms with Crippen LogP contribution in [-0.4, -0.2) is 12.6 Å². The summed E-state index contributed by atoms with van der Waals surface area (Å²) in [4.78, 5) is 12.2. The van der Waals surface area contributed by atoms with E-state index in [2.05, 4.69) is 20.8 Å². The van der Waals surface area contributed by atoms with Crippen molar-refractivity contribution in [3.05, 3.63) is 0 Å². The topological polar surface area (TPSA) is 26.3 Å². The van der Waals surface area contributed by atoms with E-state index in [9.17, 15) is 4.79 Å². The Morgan fingerprint density at radius 2 is 1.00 bits per heavy atom. The van der Waals surface area contributed by atoms with Gasteiger partial charge in [0.2, 0.25) is 0 Å². The molecule has 0 saturated carbocycles. The Hall–Kier alpha value is -0.530. The fraction of sp³-hybridized carbons (Fsp3) is 0.963. The first-order valence-electron chi connectivity index (χ1n) is 13.3. The Morgan fingerprint density at radius 1 is 0.586 bits per heavy atom. The molecule has 0 aliphatic rings. The summed E-state index contributed by atoms with van der Waals surface area (Å²) in [5.74, 6) is 0.650. The first-order chi connectivity index (χ1) is 14.2. The van der Waals surface area contributed by atoms with Crippen LogP contribution in [-0.2, 0) is 9.53 Å². The molecule has 174 valence electrons. The van der Waals surface area contributed by atoms with Gasteiger partial charge in [-0.2, -0.15) is 0 Å². The van der Waals surface area contributed by atoms with E-state index in [1.165, 1.54) is 109 Å². The lowest BCUT2D eigenvalue weighted by Crippen LogP contribution is -2.19. The van der Waals surface area contributed by atoms with E-state index in [4.69, 9.17) is 4.74 Å². The summed E-state index contributed by atoms with van der Waals surface area (Å²) >= 11 is 0. The Bertz CT molecular complexity index is 339. The van der Waals surface area contributed by atoms with Crippen LogP contribution in [0, 0.1) is 11.8 Å². The van der Waals surface area contributed by atoms with Gasteiger partial charge in [-0.15, -0.1) is 0 Å². The van der Waals surface area contributed by atoms with Crippen molar-refractivity contribution in [2.45, 2.75) is 150 Å². The number of carbonyl (C=O) groups excluding carboxylic acids is 1. The van der Waals surface area contributed by atoms with Gasteiger partial charge in [0.25, 0.3) is 0 Å². The lowest BCUT2D eigenvalue weighted by atomic mass is 9.94. The Morgan fingerprint density at radius 3 is 1.41 bits per heavy atom. The number of unbranched alkanes of at least 4 members (excludes halogenated alkanes) is 13.